The highest BCUT2D eigenvalue weighted by Crippen LogP contribution is 2.34. The third kappa shape index (κ3) is 6.30. The van der Waals surface area contributed by atoms with Crippen molar-refractivity contribution in [1.29, 1.82) is 0 Å². The lowest BCUT2D eigenvalue weighted by atomic mass is 9.99. The SMILES string of the molecule is O=C(C1=C[C@@H](c2cccs2)C[C@@H](OCCOCCO)O1)N1CCCCCCC1. The molecule has 0 bridgehead atoms. The molecular weight excluding hydrogens is 378 g/mol. The van der Waals surface area contributed by atoms with Crippen molar-refractivity contribution >= 4 is 17.2 Å². The van der Waals surface area contributed by atoms with Crippen molar-refractivity contribution in [2.45, 2.75) is 50.7 Å². The Labute approximate surface area is 171 Å². The Kier molecular flexibility index (Phi) is 8.79. The van der Waals surface area contributed by atoms with Crippen LogP contribution in [0, 0.1) is 0 Å². The number of ether oxygens (including phenoxy) is 3. The number of thiophene rings is 1. The number of nitrogens with zero attached hydrogens (tertiary/aromatic N) is 1. The monoisotopic (exact) mass is 409 g/mol. The van der Waals surface area contributed by atoms with E-state index in [9.17, 15) is 4.79 Å². The molecule has 28 heavy (non-hydrogen) atoms. The number of aliphatic hydroxyl groups excluding tert-OH is 1. The predicted octanol–water partition coefficient (Wildman–Crippen LogP) is 3.28. The standard InChI is InChI=1S/C21H31NO5S/c23-10-11-25-12-13-26-20-16-17(19-7-6-14-28-19)15-18(27-20)21(24)22-8-4-2-1-3-5-9-22/h6-7,14-15,17,20,23H,1-5,8-13,16H2/t17-,20+/m1/s1. The number of carbonyl (C=O) groups excluding carboxylic acids is 1. The van der Waals surface area contributed by atoms with E-state index in [0.29, 0.717) is 32.0 Å². The zero-order chi connectivity index (χ0) is 19.6. The Bertz CT molecular complexity index is 610. The summed E-state index contributed by atoms with van der Waals surface area (Å²) in [7, 11) is 0. The van der Waals surface area contributed by atoms with Gasteiger partial charge < -0.3 is 24.2 Å². The maximum atomic E-state index is 13.1. The highest BCUT2D eigenvalue weighted by atomic mass is 32.1. The number of aliphatic hydroxyl groups is 1. The first-order valence-electron chi connectivity index (χ1n) is 10.3. The fraction of sp³-hybridized carbons (Fsp3) is 0.667. The van der Waals surface area contributed by atoms with Crippen LogP contribution >= 0.6 is 11.3 Å². The molecule has 2 aliphatic rings. The average molecular weight is 410 g/mol. The van der Waals surface area contributed by atoms with E-state index in [-0.39, 0.29) is 18.4 Å². The zero-order valence-corrected chi connectivity index (χ0v) is 17.2. The molecule has 2 aliphatic heterocycles. The van der Waals surface area contributed by atoms with Gasteiger partial charge in [-0.15, -0.1) is 11.3 Å². The highest BCUT2D eigenvalue weighted by molar-refractivity contribution is 7.10. The Morgan fingerprint density at radius 3 is 2.68 bits per heavy atom. The molecule has 3 rings (SSSR count). The summed E-state index contributed by atoms with van der Waals surface area (Å²) in [6, 6.07) is 4.12. The van der Waals surface area contributed by atoms with Crippen molar-refractivity contribution in [3.63, 3.8) is 0 Å². The van der Waals surface area contributed by atoms with Gasteiger partial charge in [0.25, 0.3) is 5.91 Å². The minimum atomic E-state index is -0.469. The van der Waals surface area contributed by atoms with Gasteiger partial charge in [-0.05, 0) is 30.4 Å². The number of rotatable bonds is 8. The molecule has 0 unspecified atom stereocenters. The average Bonchev–Trinajstić information content (AvgIpc) is 3.22. The molecule has 0 spiro atoms. The second-order valence-corrected chi connectivity index (χ2v) is 8.18. The van der Waals surface area contributed by atoms with Crippen LogP contribution in [-0.2, 0) is 19.0 Å². The van der Waals surface area contributed by atoms with Gasteiger partial charge in [0.15, 0.2) is 5.76 Å². The molecule has 7 heteroatoms. The number of amides is 1. The van der Waals surface area contributed by atoms with Crippen LogP contribution in [0.15, 0.2) is 29.3 Å². The molecule has 0 radical (unpaired) electrons. The number of allylic oxidation sites excluding steroid dienone is 1. The first-order chi connectivity index (χ1) is 13.8. The van der Waals surface area contributed by atoms with E-state index in [1.807, 2.05) is 17.0 Å². The summed E-state index contributed by atoms with van der Waals surface area (Å²) in [6.07, 6.45) is 7.90. The normalized spacial score (nSPS) is 23.5. The summed E-state index contributed by atoms with van der Waals surface area (Å²) < 4.78 is 17.0. The van der Waals surface area contributed by atoms with Gasteiger partial charge in [-0.25, -0.2) is 0 Å². The van der Waals surface area contributed by atoms with E-state index in [1.165, 1.54) is 24.1 Å². The molecule has 6 nitrogen and oxygen atoms in total. The van der Waals surface area contributed by atoms with Gasteiger partial charge in [0.2, 0.25) is 6.29 Å². The molecular formula is C21H31NO5S. The molecule has 1 saturated heterocycles. The van der Waals surface area contributed by atoms with Crippen molar-refractivity contribution in [3.8, 4) is 0 Å². The topological polar surface area (TPSA) is 68.2 Å². The number of hydrogen-bond acceptors (Lipinski definition) is 6. The highest BCUT2D eigenvalue weighted by Gasteiger charge is 2.31. The maximum Gasteiger partial charge on any atom is 0.288 e. The van der Waals surface area contributed by atoms with Crippen molar-refractivity contribution in [2.75, 3.05) is 39.5 Å². The summed E-state index contributed by atoms with van der Waals surface area (Å²) in [6.45, 7) is 2.65. The Morgan fingerprint density at radius 1 is 1.18 bits per heavy atom. The second-order valence-electron chi connectivity index (χ2n) is 7.20. The smallest absolute Gasteiger partial charge is 0.288 e. The molecule has 156 valence electrons. The van der Waals surface area contributed by atoms with Crippen LogP contribution in [0.25, 0.3) is 0 Å². The van der Waals surface area contributed by atoms with Gasteiger partial charge in [-0.2, -0.15) is 0 Å². The van der Waals surface area contributed by atoms with Crippen molar-refractivity contribution < 1.29 is 24.1 Å². The quantitative estimate of drug-likeness (QED) is 0.668. The fourth-order valence-corrected chi connectivity index (χ4v) is 4.43. The van der Waals surface area contributed by atoms with E-state index >= 15 is 0 Å². The van der Waals surface area contributed by atoms with E-state index in [0.717, 1.165) is 25.9 Å². The molecule has 0 aromatic carbocycles. The second kappa shape index (κ2) is 11.6. The molecule has 1 N–H and O–H groups in total. The third-order valence-corrected chi connectivity index (χ3v) is 6.09. The van der Waals surface area contributed by atoms with E-state index in [4.69, 9.17) is 19.3 Å². The zero-order valence-electron chi connectivity index (χ0n) is 16.4. The maximum absolute atomic E-state index is 13.1. The van der Waals surface area contributed by atoms with Gasteiger partial charge >= 0.3 is 0 Å². The number of hydrogen-bond donors (Lipinski definition) is 1. The Morgan fingerprint density at radius 2 is 1.96 bits per heavy atom. The predicted molar refractivity (Wildman–Crippen MR) is 108 cm³/mol. The van der Waals surface area contributed by atoms with Crippen LogP contribution < -0.4 is 0 Å². The van der Waals surface area contributed by atoms with Crippen molar-refractivity contribution in [3.05, 3.63) is 34.2 Å². The fourth-order valence-electron chi connectivity index (χ4n) is 3.62. The summed E-state index contributed by atoms with van der Waals surface area (Å²) in [5.41, 5.74) is 0. The van der Waals surface area contributed by atoms with E-state index < -0.39 is 6.29 Å². The van der Waals surface area contributed by atoms with Crippen LogP contribution in [0.4, 0.5) is 0 Å². The van der Waals surface area contributed by atoms with Crippen molar-refractivity contribution in [1.82, 2.24) is 4.90 Å². The van der Waals surface area contributed by atoms with E-state index in [1.54, 1.807) is 11.3 Å². The molecule has 1 fully saturated rings. The lowest BCUT2D eigenvalue weighted by Gasteiger charge is -2.32. The van der Waals surface area contributed by atoms with Crippen LogP contribution in [-0.4, -0.2) is 61.7 Å². The van der Waals surface area contributed by atoms with E-state index in [2.05, 4.69) is 11.4 Å². The largest absolute Gasteiger partial charge is 0.459 e. The number of likely N-dealkylation sites (tertiary alicyclic amines) is 1. The molecule has 1 amide bonds. The number of carbonyl (C=O) groups is 1. The van der Waals surface area contributed by atoms with Gasteiger partial charge in [0.05, 0.1) is 26.4 Å². The van der Waals surface area contributed by atoms with Crippen LogP contribution in [0.3, 0.4) is 0 Å². The first-order valence-corrected chi connectivity index (χ1v) is 11.2. The minimum absolute atomic E-state index is 0.00238. The lowest BCUT2D eigenvalue weighted by molar-refractivity contribution is -0.156. The van der Waals surface area contributed by atoms with Crippen LogP contribution in [0.5, 0.6) is 0 Å². The van der Waals surface area contributed by atoms with Crippen LogP contribution in [0.2, 0.25) is 0 Å². The molecule has 1 aromatic heterocycles. The summed E-state index contributed by atoms with van der Waals surface area (Å²) in [5.74, 6) is 0.505. The van der Waals surface area contributed by atoms with Gasteiger partial charge in [0.1, 0.15) is 0 Å². The summed E-state index contributed by atoms with van der Waals surface area (Å²) >= 11 is 1.69. The van der Waals surface area contributed by atoms with Gasteiger partial charge in [-0.3, -0.25) is 4.79 Å². The first kappa shape index (κ1) is 21.3. The molecule has 2 atom stereocenters. The summed E-state index contributed by atoms with van der Waals surface area (Å²) in [4.78, 5) is 16.3. The third-order valence-electron chi connectivity index (χ3n) is 5.09. The minimum Gasteiger partial charge on any atom is -0.459 e. The van der Waals surface area contributed by atoms with Crippen molar-refractivity contribution in [2.24, 2.45) is 0 Å². The molecule has 3 heterocycles. The Hall–Kier alpha value is -1.41. The van der Waals surface area contributed by atoms with Crippen LogP contribution in [0.1, 0.15) is 49.3 Å². The summed E-state index contributed by atoms with van der Waals surface area (Å²) in [5, 5.41) is 10.8. The van der Waals surface area contributed by atoms with Gasteiger partial charge in [-0.1, -0.05) is 25.3 Å². The molecule has 0 aliphatic carbocycles. The Balaban J connectivity index is 1.65. The molecule has 0 saturated carbocycles. The van der Waals surface area contributed by atoms with Gasteiger partial charge in [0, 0.05) is 30.3 Å². The lowest BCUT2D eigenvalue weighted by Crippen LogP contribution is -2.38. The molecule has 1 aromatic rings.